The van der Waals surface area contributed by atoms with Crippen LogP contribution in [0.2, 0.25) is 0 Å². The molecule has 0 saturated carbocycles. The zero-order chi connectivity index (χ0) is 18.9. The highest BCUT2D eigenvalue weighted by molar-refractivity contribution is 9.10. The Bertz CT molecular complexity index is 767. The summed E-state index contributed by atoms with van der Waals surface area (Å²) >= 11 is 3.35. The average molecular weight is 416 g/mol. The van der Waals surface area contributed by atoms with Crippen LogP contribution in [-0.4, -0.2) is 18.5 Å². The first-order valence-corrected chi connectivity index (χ1v) is 9.23. The first kappa shape index (κ1) is 19.9. The first-order chi connectivity index (χ1) is 12.5. The zero-order valence-electron chi connectivity index (χ0n) is 14.9. The average Bonchev–Trinajstić information content (AvgIpc) is 2.65. The van der Waals surface area contributed by atoms with E-state index in [4.69, 9.17) is 4.74 Å². The van der Waals surface area contributed by atoms with E-state index in [-0.39, 0.29) is 18.6 Å². The fraction of sp³-hybridized carbons (Fsp3) is 0.238. The molecular formula is C21H22BrNO3. The highest BCUT2D eigenvalue weighted by Crippen LogP contribution is 2.17. The van der Waals surface area contributed by atoms with Gasteiger partial charge >= 0.3 is 5.97 Å². The van der Waals surface area contributed by atoms with E-state index in [0.717, 1.165) is 22.0 Å². The summed E-state index contributed by atoms with van der Waals surface area (Å²) in [6, 6.07) is 15.4. The minimum atomic E-state index is -0.550. The van der Waals surface area contributed by atoms with Gasteiger partial charge in [0.05, 0.1) is 6.04 Å². The summed E-state index contributed by atoms with van der Waals surface area (Å²) in [5.74, 6) is -0.866. The van der Waals surface area contributed by atoms with Crippen LogP contribution in [0.4, 0.5) is 0 Å². The molecule has 0 aliphatic carbocycles. The molecule has 2 rings (SSSR count). The van der Waals surface area contributed by atoms with Crippen molar-refractivity contribution in [2.45, 2.75) is 26.3 Å². The molecule has 0 fully saturated rings. The maximum Gasteiger partial charge on any atom is 0.331 e. The van der Waals surface area contributed by atoms with E-state index in [1.807, 2.05) is 62.4 Å². The third kappa shape index (κ3) is 6.48. The number of esters is 1. The predicted octanol–water partition coefficient (Wildman–Crippen LogP) is 4.58. The van der Waals surface area contributed by atoms with E-state index in [1.54, 1.807) is 6.08 Å². The van der Waals surface area contributed by atoms with Crippen molar-refractivity contribution in [1.82, 2.24) is 5.32 Å². The molecule has 1 atom stereocenters. The summed E-state index contributed by atoms with van der Waals surface area (Å²) in [5.41, 5.74) is 3.08. The van der Waals surface area contributed by atoms with Gasteiger partial charge in [-0.1, -0.05) is 64.8 Å². The van der Waals surface area contributed by atoms with Crippen molar-refractivity contribution < 1.29 is 14.3 Å². The highest BCUT2D eigenvalue weighted by Gasteiger charge is 2.13. The second kappa shape index (κ2) is 9.92. The smallest absolute Gasteiger partial charge is 0.331 e. The molecule has 5 heteroatoms. The molecule has 2 aromatic carbocycles. The normalized spacial score (nSPS) is 12.0. The Hall–Kier alpha value is -2.40. The lowest BCUT2D eigenvalue weighted by molar-refractivity contribution is -0.144. The largest absolute Gasteiger partial charge is 0.452 e. The van der Waals surface area contributed by atoms with Gasteiger partial charge in [-0.3, -0.25) is 4.79 Å². The van der Waals surface area contributed by atoms with Crippen LogP contribution in [0.25, 0.3) is 6.08 Å². The molecule has 1 amide bonds. The number of rotatable bonds is 7. The monoisotopic (exact) mass is 415 g/mol. The van der Waals surface area contributed by atoms with Gasteiger partial charge in [0, 0.05) is 10.5 Å². The second-order valence-electron chi connectivity index (χ2n) is 5.93. The standard InChI is InChI=1S/C21H22BrNO3/c1-3-19(17-9-4-15(2)5-10-17)23-20(24)14-26-21(25)13-8-16-6-11-18(22)12-7-16/h4-13,19H,3,14H2,1-2H3,(H,23,24)/b13-8+/t19-/m1/s1. The van der Waals surface area contributed by atoms with Crippen LogP contribution in [0.5, 0.6) is 0 Å². The maximum absolute atomic E-state index is 12.1. The third-order valence-corrected chi connectivity index (χ3v) is 4.38. The Balaban J connectivity index is 1.82. The maximum atomic E-state index is 12.1. The van der Waals surface area contributed by atoms with Crippen LogP contribution in [0.15, 0.2) is 59.1 Å². The van der Waals surface area contributed by atoms with Gasteiger partial charge in [0.2, 0.25) is 0 Å². The van der Waals surface area contributed by atoms with Crippen molar-refractivity contribution in [3.05, 3.63) is 75.8 Å². The number of carbonyl (C=O) groups is 2. The van der Waals surface area contributed by atoms with E-state index < -0.39 is 5.97 Å². The molecule has 1 N–H and O–H groups in total. The van der Waals surface area contributed by atoms with Crippen molar-refractivity contribution in [3.8, 4) is 0 Å². The summed E-state index contributed by atoms with van der Waals surface area (Å²) in [6.07, 6.45) is 3.72. The lowest BCUT2D eigenvalue weighted by Gasteiger charge is -2.17. The van der Waals surface area contributed by atoms with Gasteiger partial charge < -0.3 is 10.1 Å². The molecule has 0 aromatic heterocycles. The Morgan fingerprint density at radius 3 is 2.38 bits per heavy atom. The van der Waals surface area contributed by atoms with E-state index >= 15 is 0 Å². The van der Waals surface area contributed by atoms with Crippen molar-refractivity contribution in [2.24, 2.45) is 0 Å². The van der Waals surface area contributed by atoms with E-state index in [0.29, 0.717) is 0 Å². The molecule has 2 aromatic rings. The lowest BCUT2D eigenvalue weighted by Crippen LogP contribution is -2.32. The fourth-order valence-corrected chi connectivity index (χ4v) is 2.64. The third-order valence-electron chi connectivity index (χ3n) is 3.85. The van der Waals surface area contributed by atoms with Gasteiger partial charge in [0.1, 0.15) is 0 Å². The van der Waals surface area contributed by atoms with Gasteiger partial charge in [-0.25, -0.2) is 4.79 Å². The van der Waals surface area contributed by atoms with Crippen LogP contribution in [-0.2, 0) is 14.3 Å². The molecule has 0 bridgehead atoms. The molecule has 0 heterocycles. The van der Waals surface area contributed by atoms with Gasteiger partial charge in [-0.05, 0) is 42.7 Å². The van der Waals surface area contributed by atoms with Crippen molar-refractivity contribution in [2.75, 3.05) is 6.61 Å². The summed E-state index contributed by atoms with van der Waals surface area (Å²) in [4.78, 5) is 23.8. The van der Waals surface area contributed by atoms with Crippen LogP contribution in [0, 0.1) is 6.92 Å². The quantitative estimate of drug-likeness (QED) is 0.531. The Morgan fingerprint density at radius 1 is 1.12 bits per heavy atom. The van der Waals surface area contributed by atoms with Gasteiger partial charge in [0.15, 0.2) is 6.61 Å². The summed E-state index contributed by atoms with van der Waals surface area (Å²) in [7, 11) is 0. The molecule has 4 nitrogen and oxygen atoms in total. The molecule has 0 spiro atoms. The molecule has 0 unspecified atom stereocenters. The minimum Gasteiger partial charge on any atom is -0.452 e. The molecule has 0 radical (unpaired) electrons. The second-order valence-corrected chi connectivity index (χ2v) is 6.85. The molecule has 0 aliphatic heterocycles. The number of nitrogens with one attached hydrogen (secondary N) is 1. The number of ether oxygens (including phenoxy) is 1. The van der Waals surface area contributed by atoms with Crippen molar-refractivity contribution in [1.29, 1.82) is 0 Å². The Kier molecular flexibility index (Phi) is 7.60. The van der Waals surface area contributed by atoms with Crippen LogP contribution in [0.3, 0.4) is 0 Å². The van der Waals surface area contributed by atoms with Crippen LogP contribution >= 0.6 is 15.9 Å². The first-order valence-electron chi connectivity index (χ1n) is 8.44. The van der Waals surface area contributed by atoms with Crippen molar-refractivity contribution in [3.63, 3.8) is 0 Å². The number of halogens is 1. The Morgan fingerprint density at radius 2 is 1.77 bits per heavy atom. The SMILES string of the molecule is CC[C@@H](NC(=O)COC(=O)/C=C/c1ccc(Br)cc1)c1ccc(C)cc1. The lowest BCUT2D eigenvalue weighted by atomic mass is 10.0. The number of carbonyl (C=O) groups excluding carboxylic acids is 2. The van der Waals surface area contributed by atoms with Crippen LogP contribution in [0.1, 0.15) is 36.1 Å². The summed E-state index contributed by atoms with van der Waals surface area (Å²) in [6.45, 7) is 3.72. The van der Waals surface area contributed by atoms with Gasteiger partial charge in [0.25, 0.3) is 5.91 Å². The molecule has 136 valence electrons. The van der Waals surface area contributed by atoms with E-state index in [9.17, 15) is 9.59 Å². The highest BCUT2D eigenvalue weighted by atomic mass is 79.9. The number of aryl methyl sites for hydroxylation is 1. The number of hydrogen-bond donors (Lipinski definition) is 1. The van der Waals surface area contributed by atoms with Gasteiger partial charge in [-0.2, -0.15) is 0 Å². The number of benzene rings is 2. The fourth-order valence-electron chi connectivity index (χ4n) is 2.38. The summed E-state index contributed by atoms with van der Waals surface area (Å²) < 4.78 is 5.97. The topological polar surface area (TPSA) is 55.4 Å². The number of amides is 1. The molecule has 0 saturated heterocycles. The molecule has 0 aliphatic rings. The Labute approximate surface area is 162 Å². The predicted molar refractivity (Wildman–Crippen MR) is 106 cm³/mol. The molecular weight excluding hydrogens is 394 g/mol. The van der Waals surface area contributed by atoms with E-state index in [2.05, 4.69) is 21.2 Å². The van der Waals surface area contributed by atoms with Gasteiger partial charge in [-0.15, -0.1) is 0 Å². The van der Waals surface area contributed by atoms with E-state index in [1.165, 1.54) is 11.6 Å². The van der Waals surface area contributed by atoms with Crippen LogP contribution < -0.4 is 5.32 Å². The number of hydrogen-bond acceptors (Lipinski definition) is 3. The zero-order valence-corrected chi connectivity index (χ0v) is 16.5. The minimum absolute atomic E-state index is 0.0971. The van der Waals surface area contributed by atoms with Crippen molar-refractivity contribution >= 4 is 33.9 Å². The molecule has 26 heavy (non-hydrogen) atoms. The summed E-state index contributed by atoms with van der Waals surface area (Å²) in [5, 5.41) is 2.89.